The quantitative estimate of drug-likeness (QED) is 0.633. The minimum Gasteiger partial charge on any atom is -0.324 e. The van der Waals surface area contributed by atoms with Crippen LogP contribution in [0.2, 0.25) is 5.02 Å². The summed E-state index contributed by atoms with van der Waals surface area (Å²) in [6.45, 7) is 6.32. The summed E-state index contributed by atoms with van der Waals surface area (Å²) in [5.74, 6) is 0.0391. The molecule has 0 aliphatic rings. The van der Waals surface area contributed by atoms with Gasteiger partial charge >= 0.3 is 0 Å². The fourth-order valence-corrected chi connectivity index (χ4v) is 2.86. The van der Waals surface area contributed by atoms with Crippen molar-refractivity contribution in [3.05, 3.63) is 77.1 Å². The number of nitrogens with zero attached hydrogens (tertiary/aromatic N) is 2. The number of amides is 1. The number of carbonyl (C=O) groups excluding carboxylic acids is 1. The van der Waals surface area contributed by atoms with E-state index in [-0.39, 0.29) is 17.0 Å². The summed E-state index contributed by atoms with van der Waals surface area (Å²) in [4.78, 5) is 21.2. The third kappa shape index (κ3) is 4.83. The number of hydrogen-bond donors (Lipinski definition) is 2. The highest BCUT2D eigenvalue weighted by Crippen LogP contribution is 2.29. The molecule has 6 heteroatoms. The number of benzene rings is 2. The minimum atomic E-state index is -0.289. The van der Waals surface area contributed by atoms with Crippen LogP contribution in [0.25, 0.3) is 0 Å². The highest BCUT2D eigenvalue weighted by molar-refractivity contribution is 6.30. The number of carbonyl (C=O) groups is 1. The Bertz CT molecular complexity index is 966. The third-order valence-corrected chi connectivity index (χ3v) is 4.19. The van der Waals surface area contributed by atoms with E-state index in [1.54, 1.807) is 24.4 Å². The molecule has 138 valence electrons. The molecule has 2 N–H and O–H groups in total. The molecule has 0 bridgehead atoms. The fraction of sp³-hybridized carbons (Fsp3) is 0.190. The van der Waals surface area contributed by atoms with Crippen molar-refractivity contribution in [3.8, 4) is 0 Å². The Kier molecular flexibility index (Phi) is 5.42. The average Bonchev–Trinajstić information content (AvgIpc) is 2.61. The maximum atomic E-state index is 12.7. The van der Waals surface area contributed by atoms with Crippen LogP contribution in [-0.4, -0.2) is 15.9 Å². The van der Waals surface area contributed by atoms with E-state index in [2.05, 4.69) is 41.4 Å². The number of nitrogens with one attached hydrogen (secondary N) is 2. The van der Waals surface area contributed by atoms with E-state index in [4.69, 9.17) is 11.6 Å². The molecule has 2 aromatic carbocycles. The van der Waals surface area contributed by atoms with Gasteiger partial charge in [0.05, 0.1) is 0 Å². The number of anilines is 3. The highest BCUT2D eigenvalue weighted by Gasteiger charge is 2.19. The number of halogens is 1. The largest absolute Gasteiger partial charge is 0.324 e. The second kappa shape index (κ2) is 7.76. The Morgan fingerprint density at radius 1 is 1.04 bits per heavy atom. The van der Waals surface area contributed by atoms with Gasteiger partial charge in [0, 0.05) is 22.6 Å². The molecular weight excluding hydrogens is 360 g/mol. The third-order valence-electron chi connectivity index (χ3n) is 3.95. The number of rotatable bonds is 4. The zero-order chi connectivity index (χ0) is 19.4. The normalized spacial score (nSPS) is 11.1. The van der Waals surface area contributed by atoms with Crippen LogP contribution in [0.3, 0.4) is 0 Å². The van der Waals surface area contributed by atoms with E-state index < -0.39 is 0 Å². The van der Waals surface area contributed by atoms with Gasteiger partial charge in [0.2, 0.25) is 5.95 Å². The number of para-hydroxylation sites is 1. The SMILES string of the molecule is CC(C)(C)c1ccccc1NC(=O)c1ccnc(Nc2cccc(Cl)c2)n1. The molecule has 0 unspecified atom stereocenters. The Balaban J connectivity index is 1.81. The van der Waals surface area contributed by atoms with Crippen molar-refractivity contribution in [1.29, 1.82) is 0 Å². The Hall–Kier alpha value is -2.92. The summed E-state index contributed by atoms with van der Waals surface area (Å²) in [5, 5.41) is 6.61. The molecule has 3 rings (SSSR count). The Morgan fingerprint density at radius 2 is 1.81 bits per heavy atom. The molecule has 27 heavy (non-hydrogen) atoms. The van der Waals surface area contributed by atoms with E-state index in [1.807, 2.05) is 36.4 Å². The molecule has 0 saturated carbocycles. The lowest BCUT2D eigenvalue weighted by atomic mass is 9.86. The molecule has 3 aromatic rings. The van der Waals surface area contributed by atoms with Gasteiger partial charge in [-0.3, -0.25) is 4.79 Å². The zero-order valence-corrected chi connectivity index (χ0v) is 16.2. The van der Waals surface area contributed by atoms with Crippen LogP contribution >= 0.6 is 11.6 Å². The number of aromatic nitrogens is 2. The first-order chi connectivity index (χ1) is 12.8. The number of hydrogen-bond acceptors (Lipinski definition) is 4. The van der Waals surface area contributed by atoms with Crippen LogP contribution in [0.15, 0.2) is 60.8 Å². The van der Waals surface area contributed by atoms with Crippen LogP contribution in [0.4, 0.5) is 17.3 Å². The van der Waals surface area contributed by atoms with Crippen LogP contribution < -0.4 is 10.6 Å². The summed E-state index contributed by atoms with van der Waals surface area (Å²) in [6.07, 6.45) is 1.55. The monoisotopic (exact) mass is 380 g/mol. The maximum Gasteiger partial charge on any atom is 0.274 e. The van der Waals surface area contributed by atoms with Crippen LogP contribution in [-0.2, 0) is 5.41 Å². The predicted octanol–water partition coefficient (Wildman–Crippen LogP) is 5.42. The molecule has 1 aromatic heterocycles. The molecule has 0 aliphatic carbocycles. The van der Waals surface area contributed by atoms with Crippen molar-refractivity contribution in [3.63, 3.8) is 0 Å². The second-order valence-electron chi connectivity index (χ2n) is 7.15. The van der Waals surface area contributed by atoms with Crippen molar-refractivity contribution in [2.45, 2.75) is 26.2 Å². The van der Waals surface area contributed by atoms with Crippen LogP contribution in [0, 0.1) is 0 Å². The zero-order valence-electron chi connectivity index (χ0n) is 15.5. The van der Waals surface area contributed by atoms with Gasteiger partial charge in [-0.15, -0.1) is 0 Å². The molecule has 1 heterocycles. The van der Waals surface area contributed by atoms with Gasteiger partial charge in [-0.05, 0) is 41.3 Å². The van der Waals surface area contributed by atoms with Gasteiger partial charge in [0.1, 0.15) is 5.69 Å². The second-order valence-corrected chi connectivity index (χ2v) is 7.59. The topological polar surface area (TPSA) is 66.9 Å². The molecule has 0 atom stereocenters. The smallest absolute Gasteiger partial charge is 0.274 e. The van der Waals surface area contributed by atoms with E-state index in [0.29, 0.717) is 11.0 Å². The van der Waals surface area contributed by atoms with E-state index >= 15 is 0 Å². The Labute approximate surface area is 163 Å². The molecule has 0 saturated heterocycles. The lowest BCUT2D eigenvalue weighted by Gasteiger charge is -2.22. The molecule has 0 aliphatic heterocycles. The summed E-state index contributed by atoms with van der Waals surface area (Å²) in [7, 11) is 0. The van der Waals surface area contributed by atoms with Gasteiger partial charge in [0.25, 0.3) is 5.91 Å². The van der Waals surface area contributed by atoms with Gasteiger partial charge < -0.3 is 10.6 Å². The lowest BCUT2D eigenvalue weighted by molar-refractivity contribution is 0.102. The molecule has 5 nitrogen and oxygen atoms in total. The van der Waals surface area contributed by atoms with Gasteiger partial charge in [-0.25, -0.2) is 9.97 Å². The Morgan fingerprint density at radius 3 is 2.56 bits per heavy atom. The van der Waals surface area contributed by atoms with Gasteiger partial charge in [0.15, 0.2) is 0 Å². The predicted molar refractivity (Wildman–Crippen MR) is 110 cm³/mol. The molecule has 0 spiro atoms. The standard InChI is InChI=1S/C21H21ClN4O/c1-21(2,3)16-9-4-5-10-17(16)25-19(27)18-11-12-23-20(26-18)24-15-8-6-7-14(22)13-15/h4-13H,1-3H3,(H,25,27)(H,23,24,26). The first-order valence-electron chi connectivity index (χ1n) is 8.59. The summed E-state index contributed by atoms with van der Waals surface area (Å²) in [5.41, 5.74) is 2.77. The van der Waals surface area contributed by atoms with Crippen LogP contribution in [0.1, 0.15) is 36.8 Å². The van der Waals surface area contributed by atoms with Crippen molar-refractivity contribution in [2.24, 2.45) is 0 Å². The van der Waals surface area contributed by atoms with Crippen molar-refractivity contribution in [1.82, 2.24) is 9.97 Å². The summed E-state index contributed by atoms with van der Waals surface area (Å²) in [6, 6.07) is 16.6. The summed E-state index contributed by atoms with van der Waals surface area (Å²) < 4.78 is 0. The van der Waals surface area contributed by atoms with E-state index in [9.17, 15) is 4.79 Å². The van der Waals surface area contributed by atoms with Crippen molar-refractivity contribution < 1.29 is 4.79 Å². The first-order valence-corrected chi connectivity index (χ1v) is 8.97. The lowest BCUT2D eigenvalue weighted by Crippen LogP contribution is -2.19. The summed E-state index contributed by atoms with van der Waals surface area (Å²) >= 11 is 5.99. The molecular formula is C21H21ClN4O. The minimum absolute atomic E-state index is 0.0885. The average molecular weight is 381 g/mol. The van der Waals surface area contributed by atoms with Gasteiger partial charge in [-0.2, -0.15) is 0 Å². The molecule has 1 amide bonds. The van der Waals surface area contributed by atoms with E-state index in [1.165, 1.54) is 0 Å². The first kappa shape index (κ1) is 18.9. The molecule has 0 radical (unpaired) electrons. The van der Waals surface area contributed by atoms with Crippen LogP contribution in [0.5, 0.6) is 0 Å². The fourth-order valence-electron chi connectivity index (χ4n) is 2.67. The highest BCUT2D eigenvalue weighted by atomic mass is 35.5. The van der Waals surface area contributed by atoms with Crippen molar-refractivity contribution in [2.75, 3.05) is 10.6 Å². The van der Waals surface area contributed by atoms with Crippen molar-refractivity contribution >= 4 is 34.8 Å². The molecule has 0 fully saturated rings. The van der Waals surface area contributed by atoms with E-state index in [0.717, 1.165) is 16.9 Å². The van der Waals surface area contributed by atoms with Gasteiger partial charge in [-0.1, -0.05) is 56.6 Å². The maximum absolute atomic E-state index is 12.7.